The van der Waals surface area contributed by atoms with E-state index in [-0.39, 0.29) is 5.75 Å². The minimum absolute atomic E-state index is 0.116. The van der Waals surface area contributed by atoms with Crippen LogP contribution in [0, 0.1) is 0 Å². The predicted molar refractivity (Wildman–Crippen MR) is 92.8 cm³/mol. The highest BCUT2D eigenvalue weighted by Gasteiger charge is 2.10. The lowest BCUT2D eigenvalue weighted by atomic mass is 10.3. The zero-order chi connectivity index (χ0) is 16.7. The summed E-state index contributed by atoms with van der Waals surface area (Å²) in [6.07, 6.45) is 2.96. The van der Waals surface area contributed by atoms with Gasteiger partial charge in [-0.15, -0.1) is 0 Å². The molecule has 0 unspecified atom stereocenters. The quantitative estimate of drug-likeness (QED) is 0.773. The Balaban J connectivity index is 2.05. The molecule has 1 aromatic carbocycles. The molecule has 2 rings (SSSR count). The highest BCUT2D eigenvalue weighted by molar-refractivity contribution is 7.92. The molecule has 0 aliphatic heterocycles. The molecule has 7 heteroatoms. The van der Waals surface area contributed by atoms with Crippen LogP contribution in [0.4, 0.5) is 17.2 Å². The molecule has 0 saturated heterocycles. The van der Waals surface area contributed by atoms with E-state index in [1.165, 1.54) is 6.20 Å². The molecule has 1 heterocycles. The molecule has 2 N–H and O–H groups in total. The number of nitrogens with zero attached hydrogens (tertiary/aromatic N) is 1. The lowest BCUT2D eigenvalue weighted by Crippen LogP contribution is -2.16. The summed E-state index contributed by atoms with van der Waals surface area (Å²) in [4.78, 5) is 4.22. The number of anilines is 3. The first-order valence-electron chi connectivity index (χ1n) is 7.40. The smallest absolute Gasteiger partial charge is 0.232 e. The molecule has 124 valence electrons. The molecular formula is C16H21N3O3S. The second-order valence-corrected chi connectivity index (χ2v) is 6.87. The van der Waals surface area contributed by atoms with Gasteiger partial charge in [0.2, 0.25) is 10.0 Å². The van der Waals surface area contributed by atoms with Gasteiger partial charge in [-0.05, 0) is 30.7 Å². The molecule has 0 atom stereocenters. The maximum absolute atomic E-state index is 11.8. The van der Waals surface area contributed by atoms with Crippen molar-refractivity contribution < 1.29 is 13.2 Å². The average Bonchev–Trinajstić information content (AvgIpc) is 2.55. The molecule has 0 bridgehead atoms. The van der Waals surface area contributed by atoms with Gasteiger partial charge in [-0.2, -0.15) is 0 Å². The van der Waals surface area contributed by atoms with Crippen LogP contribution in [-0.4, -0.2) is 26.3 Å². The van der Waals surface area contributed by atoms with Crippen molar-refractivity contribution in [3.63, 3.8) is 0 Å². The number of aromatic nitrogens is 1. The fourth-order valence-electron chi connectivity index (χ4n) is 1.98. The number of sulfonamides is 1. The van der Waals surface area contributed by atoms with Crippen molar-refractivity contribution in [1.29, 1.82) is 0 Å². The summed E-state index contributed by atoms with van der Waals surface area (Å²) < 4.78 is 31.5. The summed E-state index contributed by atoms with van der Waals surface area (Å²) in [7, 11) is -1.71. The third kappa shape index (κ3) is 5.14. The number of hydrogen-bond acceptors (Lipinski definition) is 5. The highest BCUT2D eigenvalue weighted by atomic mass is 32.2. The average molecular weight is 335 g/mol. The van der Waals surface area contributed by atoms with Crippen molar-refractivity contribution in [2.24, 2.45) is 0 Å². The molecular weight excluding hydrogens is 314 g/mol. The van der Waals surface area contributed by atoms with Crippen LogP contribution in [0.2, 0.25) is 0 Å². The maximum Gasteiger partial charge on any atom is 0.232 e. The SMILES string of the molecule is CCCCS(=O)(=O)Nc1ccc(Nc2ccccc2OC)nc1. The Hall–Kier alpha value is -2.28. The number of rotatable bonds is 8. The van der Waals surface area contributed by atoms with E-state index in [0.717, 1.165) is 12.1 Å². The number of pyridine rings is 1. The first kappa shape index (κ1) is 17.1. The topological polar surface area (TPSA) is 80.3 Å². The minimum atomic E-state index is -3.31. The molecule has 0 radical (unpaired) electrons. The molecule has 0 fully saturated rings. The second-order valence-electron chi connectivity index (χ2n) is 5.03. The monoisotopic (exact) mass is 335 g/mol. The van der Waals surface area contributed by atoms with Gasteiger partial charge in [0.05, 0.1) is 30.4 Å². The van der Waals surface area contributed by atoms with Crippen LogP contribution in [0.25, 0.3) is 0 Å². The number of para-hydroxylation sites is 2. The van der Waals surface area contributed by atoms with E-state index in [9.17, 15) is 8.42 Å². The molecule has 1 aromatic heterocycles. The number of ether oxygens (including phenoxy) is 1. The standard InChI is InChI=1S/C16H21N3O3S/c1-3-4-11-23(20,21)19-13-9-10-16(17-12-13)18-14-7-5-6-8-15(14)22-2/h5-10,12,19H,3-4,11H2,1-2H3,(H,17,18). The van der Waals surface area contributed by atoms with Crippen molar-refractivity contribution in [3.05, 3.63) is 42.6 Å². The molecule has 0 amide bonds. The van der Waals surface area contributed by atoms with Crippen LogP contribution in [0.5, 0.6) is 5.75 Å². The van der Waals surface area contributed by atoms with Gasteiger partial charge in [0.15, 0.2) is 0 Å². The maximum atomic E-state index is 11.8. The predicted octanol–water partition coefficient (Wildman–Crippen LogP) is 3.38. The number of unbranched alkanes of at least 4 members (excludes halogenated alkanes) is 1. The Kier molecular flexibility index (Phi) is 5.81. The van der Waals surface area contributed by atoms with E-state index in [0.29, 0.717) is 23.7 Å². The largest absolute Gasteiger partial charge is 0.495 e. The Labute approximate surface area is 137 Å². The zero-order valence-corrected chi connectivity index (χ0v) is 14.1. The van der Waals surface area contributed by atoms with Crippen LogP contribution >= 0.6 is 0 Å². The zero-order valence-electron chi connectivity index (χ0n) is 13.2. The summed E-state index contributed by atoms with van der Waals surface area (Å²) in [5.74, 6) is 1.43. The van der Waals surface area contributed by atoms with E-state index in [1.807, 2.05) is 31.2 Å². The van der Waals surface area contributed by atoms with E-state index in [1.54, 1.807) is 19.2 Å². The molecule has 0 spiro atoms. The summed E-state index contributed by atoms with van der Waals surface area (Å²) in [5.41, 5.74) is 1.24. The third-order valence-electron chi connectivity index (χ3n) is 3.17. The lowest BCUT2D eigenvalue weighted by molar-refractivity contribution is 0.417. The van der Waals surface area contributed by atoms with Crippen molar-refractivity contribution in [1.82, 2.24) is 4.98 Å². The van der Waals surface area contributed by atoms with Crippen molar-refractivity contribution >= 4 is 27.2 Å². The molecule has 6 nitrogen and oxygen atoms in total. The van der Waals surface area contributed by atoms with Gasteiger partial charge in [0.1, 0.15) is 11.6 Å². The van der Waals surface area contributed by atoms with Gasteiger partial charge in [0, 0.05) is 0 Å². The highest BCUT2D eigenvalue weighted by Crippen LogP contribution is 2.26. The van der Waals surface area contributed by atoms with Gasteiger partial charge in [-0.1, -0.05) is 25.5 Å². The molecule has 23 heavy (non-hydrogen) atoms. The van der Waals surface area contributed by atoms with Gasteiger partial charge in [-0.3, -0.25) is 4.72 Å². The number of benzene rings is 1. The lowest BCUT2D eigenvalue weighted by Gasteiger charge is -2.11. The molecule has 0 aliphatic carbocycles. The van der Waals surface area contributed by atoms with Gasteiger partial charge in [-0.25, -0.2) is 13.4 Å². The Morgan fingerprint density at radius 1 is 1.17 bits per heavy atom. The van der Waals surface area contributed by atoms with Crippen LogP contribution in [0.3, 0.4) is 0 Å². The van der Waals surface area contributed by atoms with Gasteiger partial charge >= 0.3 is 0 Å². The summed E-state index contributed by atoms with van der Waals surface area (Å²) in [6.45, 7) is 1.95. The van der Waals surface area contributed by atoms with E-state index in [2.05, 4.69) is 15.0 Å². The van der Waals surface area contributed by atoms with Crippen molar-refractivity contribution in [3.8, 4) is 5.75 Å². The fourth-order valence-corrected chi connectivity index (χ4v) is 3.23. The fraction of sp³-hybridized carbons (Fsp3) is 0.312. The van der Waals surface area contributed by atoms with Crippen molar-refractivity contribution in [2.75, 3.05) is 22.9 Å². The van der Waals surface area contributed by atoms with Gasteiger partial charge in [0.25, 0.3) is 0 Å². The van der Waals surface area contributed by atoms with E-state index >= 15 is 0 Å². The van der Waals surface area contributed by atoms with E-state index < -0.39 is 10.0 Å². The van der Waals surface area contributed by atoms with Crippen LogP contribution in [0.1, 0.15) is 19.8 Å². The summed E-state index contributed by atoms with van der Waals surface area (Å²) in [5, 5.41) is 3.13. The number of nitrogens with one attached hydrogen (secondary N) is 2. The molecule has 2 aromatic rings. The number of hydrogen-bond donors (Lipinski definition) is 2. The number of methoxy groups -OCH3 is 1. The minimum Gasteiger partial charge on any atom is -0.495 e. The molecule has 0 saturated carbocycles. The Morgan fingerprint density at radius 2 is 1.96 bits per heavy atom. The summed E-state index contributed by atoms with van der Waals surface area (Å²) >= 11 is 0. The van der Waals surface area contributed by atoms with Crippen LogP contribution < -0.4 is 14.8 Å². The molecule has 0 aliphatic rings. The van der Waals surface area contributed by atoms with Crippen LogP contribution in [-0.2, 0) is 10.0 Å². The van der Waals surface area contributed by atoms with Crippen LogP contribution in [0.15, 0.2) is 42.6 Å². The first-order valence-corrected chi connectivity index (χ1v) is 9.06. The Bertz CT molecular complexity index is 730. The second kappa shape index (κ2) is 7.82. The van der Waals surface area contributed by atoms with E-state index in [4.69, 9.17) is 4.74 Å². The van der Waals surface area contributed by atoms with Crippen molar-refractivity contribution in [2.45, 2.75) is 19.8 Å². The third-order valence-corrected chi connectivity index (χ3v) is 4.55. The first-order chi connectivity index (χ1) is 11.0. The Morgan fingerprint density at radius 3 is 2.61 bits per heavy atom. The normalized spacial score (nSPS) is 11.0. The van der Waals surface area contributed by atoms with Gasteiger partial charge < -0.3 is 10.1 Å². The summed E-state index contributed by atoms with van der Waals surface area (Å²) in [6, 6.07) is 10.9.